The van der Waals surface area contributed by atoms with Crippen LogP contribution in [0, 0.1) is 5.92 Å². The van der Waals surface area contributed by atoms with E-state index in [0.717, 1.165) is 77.3 Å². The first kappa shape index (κ1) is 16.8. The zero-order valence-corrected chi connectivity index (χ0v) is 15.0. The van der Waals surface area contributed by atoms with E-state index in [0.29, 0.717) is 5.91 Å². The highest BCUT2D eigenvalue weighted by molar-refractivity contribution is 5.78. The van der Waals surface area contributed by atoms with Crippen molar-refractivity contribution in [2.45, 2.75) is 44.9 Å². The lowest BCUT2D eigenvalue weighted by molar-refractivity contribution is -0.127. The van der Waals surface area contributed by atoms with Gasteiger partial charge in [0, 0.05) is 51.1 Å². The maximum Gasteiger partial charge on any atom is 0.222 e. The van der Waals surface area contributed by atoms with E-state index in [1.165, 1.54) is 29.9 Å². The summed E-state index contributed by atoms with van der Waals surface area (Å²) < 4.78 is 0. The summed E-state index contributed by atoms with van der Waals surface area (Å²) in [6, 6.07) is 0. The van der Waals surface area contributed by atoms with Gasteiger partial charge in [-0.05, 0) is 44.6 Å². The lowest BCUT2D eigenvalue weighted by Gasteiger charge is -2.34. The monoisotopic (exact) mass is 343 g/mol. The third-order valence-electron chi connectivity index (χ3n) is 5.99. The standard InChI is InChI=1S/C19H29N5O/c25-18-2-1-10-23(18)11-5-15-6-12-24(13-7-15)19-16-3-8-20-9-4-17(16)21-14-22-19/h14-15,20H,1-13H2. The fraction of sp³-hybridized carbons (Fsp3) is 0.737. The van der Waals surface area contributed by atoms with Crippen LogP contribution in [0.1, 0.15) is 43.4 Å². The molecule has 136 valence electrons. The summed E-state index contributed by atoms with van der Waals surface area (Å²) in [5.74, 6) is 2.27. The Morgan fingerprint density at radius 1 is 1.08 bits per heavy atom. The molecule has 25 heavy (non-hydrogen) atoms. The van der Waals surface area contributed by atoms with Crippen molar-refractivity contribution in [1.82, 2.24) is 20.2 Å². The summed E-state index contributed by atoms with van der Waals surface area (Å²) in [4.78, 5) is 25.4. The largest absolute Gasteiger partial charge is 0.356 e. The van der Waals surface area contributed by atoms with Crippen molar-refractivity contribution < 1.29 is 4.79 Å². The number of fused-ring (bicyclic) bond motifs is 1. The molecular weight excluding hydrogens is 314 g/mol. The Labute approximate surface area is 150 Å². The van der Waals surface area contributed by atoms with E-state index in [4.69, 9.17) is 0 Å². The number of hydrogen-bond donors (Lipinski definition) is 1. The Bertz CT molecular complexity index is 612. The topological polar surface area (TPSA) is 61.4 Å². The van der Waals surface area contributed by atoms with Gasteiger partial charge >= 0.3 is 0 Å². The van der Waals surface area contributed by atoms with Gasteiger partial charge in [0.15, 0.2) is 0 Å². The molecule has 3 aliphatic heterocycles. The van der Waals surface area contributed by atoms with Gasteiger partial charge in [-0.3, -0.25) is 4.79 Å². The van der Waals surface area contributed by atoms with E-state index in [2.05, 4.69) is 25.1 Å². The number of piperidine rings is 1. The number of nitrogens with zero attached hydrogens (tertiary/aromatic N) is 4. The molecule has 0 atom stereocenters. The number of nitrogens with one attached hydrogen (secondary N) is 1. The van der Waals surface area contributed by atoms with Gasteiger partial charge < -0.3 is 15.1 Å². The molecule has 0 spiro atoms. The molecule has 1 aromatic rings. The van der Waals surface area contributed by atoms with Gasteiger partial charge in [0.05, 0.1) is 5.69 Å². The summed E-state index contributed by atoms with van der Waals surface area (Å²) in [6.45, 7) is 6.12. The van der Waals surface area contributed by atoms with Crippen LogP contribution in [-0.2, 0) is 17.6 Å². The predicted molar refractivity (Wildman–Crippen MR) is 97.7 cm³/mol. The molecule has 0 radical (unpaired) electrons. The smallest absolute Gasteiger partial charge is 0.222 e. The van der Waals surface area contributed by atoms with Gasteiger partial charge in [-0.15, -0.1) is 0 Å². The van der Waals surface area contributed by atoms with Crippen LogP contribution < -0.4 is 10.2 Å². The third-order valence-corrected chi connectivity index (χ3v) is 5.99. The molecule has 6 nitrogen and oxygen atoms in total. The van der Waals surface area contributed by atoms with Crippen molar-refractivity contribution in [3.8, 4) is 0 Å². The van der Waals surface area contributed by atoms with Crippen LogP contribution in [-0.4, -0.2) is 60.0 Å². The summed E-state index contributed by atoms with van der Waals surface area (Å²) >= 11 is 0. The first-order chi connectivity index (χ1) is 12.3. The van der Waals surface area contributed by atoms with Crippen molar-refractivity contribution in [3.05, 3.63) is 17.6 Å². The second-order valence-electron chi connectivity index (χ2n) is 7.58. The van der Waals surface area contributed by atoms with Gasteiger partial charge in [0.25, 0.3) is 0 Å². The van der Waals surface area contributed by atoms with E-state index < -0.39 is 0 Å². The Morgan fingerprint density at radius 3 is 2.72 bits per heavy atom. The lowest BCUT2D eigenvalue weighted by atomic mass is 9.93. The van der Waals surface area contributed by atoms with Crippen LogP contribution in [0.3, 0.4) is 0 Å². The van der Waals surface area contributed by atoms with E-state index in [-0.39, 0.29) is 0 Å². The average molecular weight is 343 g/mol. The van der Waals surface area contributed by atoms with Gasteiger partial charge in [-0.1, -0.05) is 0 Å². The van der Waals surface area contributed by atoms with Crippen molar-refractivity contribution in [2.24, 2.45) is 5.92 Å². The number of aromatic nitrogens is 2. The highest BCUT2D eigenvalue weighted by Gasteiger charge is 2.26. The van der Waals surface area contributed by atoms with Gasteiger partial charge in [0.1, 0.15) is 12.1 Å². The van der Waals surface area contributed by atoms with Crippen LogP contribution >= 0.6 is 0 Å². The minimum atomic E-state index is 0.356. The molecule has 0 bridgehead atoms. The molecule has 0 aliphatic carbocycles. The third kappa shape index (κ3) is 3.78. The van der Waals surface area contributed by atoms with Crippen LogP contribution in [0.5, 0.6) is 0 Å². The van der Waals surface area contributed by atoms with Crippen LogP contribution in [0.25, 0.3) is 0 Å². The minimum Gasteiger partial charge on any atom is -0.356 e. The first-order valence-corrected chi connectivity index (χ1v) is 9.87. The molecule has 2 saturated heterocycles. The van der Waals surface area contributed by atoms with Gasteiger partial charge in [0.2, 0.25) is 5.91 Å². The van der Waals surface area contributed by atoms with Crippen LogP contribution in [0.2, 0.25) is 0 Å². The molecule has 2 fully saturated rings. The second-order valence-corrected chi connectivity index (χ2v) is 7.58. The molecule has 0 aromatic carbocycles. The van der Waals surface area contributed by atoms with Crippen molar-refractivity contribution in [2.75, 3.05) is 44.2 Å². The minimum absolute atomic E-state index is 0.356. The maximum absolute atomic E-state index is 11.7. The molecular formula is C19H29N5O. The van der Waals surface area contributed by atoms with Crippen LogP contribution in [0.4, 0.5) is 5.82 Å². The number of rotatable bonds is 4. The number of hydrogen-bond acceptors (Lipinski definition) is 5. The quantitative estimate of drug-likeness (QED) is 0.895. The van der Waals surface area contributed by atoms with Crippen molar-refractivity contribution >= 4 is 11.7 Å². The Kier molecular flexibility index (Phi) is 5.15. The molecule has 4 heterocycles. The SMILES string of the molecule is O=C1CCCN1CCC1CCN(c2ncnc3c2CCNCC3)CC1. The number of likely N-dealkylation sites (tertiary alicyclic amines) is 1. The summed E-state index contributed by atoms with van der Waals surface area (Å²) in [5.41, 5.74) is 2.58. The lowest BCUT2D eigenvalue weighted by Crippen LogP contribution is -2.36. The summed E-state index contributed by atoms with van der Waals surface area (Å²) in [6.07, 6.45) is 9.15. The first-order valence-electron chi connectivity index (χ1n) is 9.87. The second kappa shape index (κ2) is 7.68. The normalized spacial score (nSPS) is 22.2. The molecule has 0 saturated carbocycles. The molecule has 1 aromatic heterocycles. The van der Waals surface area contributed by atoms with Crippen molar-refractivity contribution in [1.29, 1.82) is 0 Å². The molecule has 4 rings (SSSR count). The fourth-order valence-electron chi connectivity index (χ4n) is 4.44. The fourth-order valence-corrected chi connectivity index (χ4v) is 4.44. The molecule has 1 amide bonds. The average Bonchev–Trinajstić information content (AvgIpc) is 2.91. The molecule has 6 heteroatoms. The summed E-state index contributed by atoms with van der Waals surface area (Å²) in [5, 5.41) is 3.46. The zero-order chi connectivity index (χ0) is 17.1. The van der Waals surface area contributed by atoms with Gasteiger partial charge in [-0.25, -0.2) is 9.97 Å². The van der Waals surface area contributed by atoms with Gasteiger partial charge in [-0.2, -0.15) is 0 Å². The number of carbonyl (C=O) groups excluding carboxylic acids is 1. The predicted octanol–water partition coefficient (Wildman–Crippen LogP) is 1.39. The zero-order valence-electron chi connectivity index (χ0n) is 15.0. The molecule has 1 N–H and O–H groups in total. The van der Waals surface area contributed by atoms with Crippen molar-refractivity contribution in [3.63, 3.8) is 0 Å². The number of anilines is 1. The number of amides is 1. The van der Waals surface area contributed by atoms with E-state index in [1.807, 2.05) is 0 Å². The Morgan fingerprint density at radius 2 is 1.92 bits per heavy atom. The Hall–Kier alpha value is -1.69. The van der Waals surface area contributed by atoms with E-state index in [9.17, 15) is 4.79 Å². The highest BCUT2D eigenvalue weighted by atomic mass is 16.2. The Balaban J connectivity index is 1.34. The number of carbonyl (C=O) groups is 1. The van der Waals surface area contributed by atoms with E-state index in [1.54, 1.807) is 6.33 Å². The van der Waals surface area contributed by atoms with E-state index >= 15 is 0 Å². The maximum atomic E-state index is 11.7. The summed E-state index contributed by atoms with van der Waals surface area (Å²) in [7, 11) is 0. The molecule has 3 aliphatic rings. The van der Waals surface area contributed by atoms with Crippen LogP contribution in [0.15, 0.2) is 6.33 Å². The highest BCUT2D eigenvalue weighted by Crippen LogP contribution is 2.28. The molecule has 0 unspecified atom stereocenters.